The highest BCUT2D eigenvalue weighted by atomic mass is 19.4. The third-order valence-electron chi connectivity index (χ3n) is 5.37. The van der Waals surface area contributed by atoms with Gasteiger partial charge in [-0.05, 0) is 64.3 Å². The number of hydrogen-bond acceptors (Lipinski definition) is 5. The molecule has 1 fully saturated rings. The van der Waals surface area contributed by atoms with Crippen molar-refractivity contribution in [2.24, 2.45) is 0 Å². The maximum absolute atomic E-state index is 12.6. The molecule has 2 heterocycles. The second-order valence-corrected chi connectivity index (χ2v) is 9.41. The second kappa shape index (κ2) is 11.9. The van der Waals surface area contributed by atoms with Crippen LogP contribution in [0.3, 0.4) is 0 Å². The van der Waals surface area contributed by atoms with Gasteiger partial charge < -0.3 is 20.1 Å². The Bertz CT molecular complexity index is 1060. The maximum Gasteiger partial charge on any atom is 0.416 e. The number of pyridine rings is 1. The normalized spacial score (nSPS) is 15.5. The third kappa shape index (κ3) is 8.28. The Morgan fingerprint density at radius 3 is 2.39 bits per heavy atom. The van der Waals surface area contributed by atoms with Gasteiger partial charge in [-0.15, -0.1) is 0 Å². The molecular formula is C26H32F3N3O4. The van der Waals surface area contributed by atoms with E-state index in [2.05, 4.69) is 23.8 Å². The van der Waals surface area contributed by atoms with Crippen LogP contribution in [-0.4, -0.2) is 45.7 Å². The van der Waals surface area contributed by atoms with Crippen LogP contribution in [0.5, 0.6) is 0 Å². The zero-order valence-corrected chi connectivity index (χ0v) is 20.9. The molecular weight excluding hydrogens is 475 g/mol. The smallest absolute Gasteiger partial charge is 0.416 e. The van der Waals surface area contributed by atoms with Gasteiger partial charge in [0.15, 0.2) is 0 Å². The van der Waals surface area contributed by atoms with Crippen LogP contribution >= 0.6 is 0 Å². The molecule has 1 saturated heterocycles. The lowest BCUT2D eigenvalue weighted by Gasteiger charge is -2.26. The van der Waals surface area contributed by atoms with Crippen LogP contribution in [0.25, 0.3) is 17.0 Å². The van der Waals surface area contributed by atoms with E-state index in [1.807, 2.05) is 25.7 Å². The molecule has 10 heteroatoms. The molecule has 0 spiro atoms. The first-order valence-corrected chi connectivity index (χ1v) is 11.4. The van der Waals surface area contributed by atoms with Crippen LogP contribution in [-0.2, 0) is 22.3 Å². The fourth-order valence-corrected chi connectivity index (χ4v) is 3.57. The number of alkyl halides is 3. The van der Waals surface area contributed by atoms with Crippen molar-refractivity contribution in [3.63, 3.8) is 0 Å². The Labute approximate surface area is 209 Å². The zero-order chi connectivity index (χ0) is 27.1. The van der Waals surface area contributed by atoms with Crippen LogP contribution in [0.15, 0.2) is 43.1 Å². The number of nitrogens with one attached hydrogen (secondary N) is 1. The Kier molecular flexibility index (Phi) is 9.49. The van der Waals surface area contributed by atoms with Gasteiger partial charge in [0.25, 0.3) is 0 Å². The number of aliphatic hydroxyl groups is 1. The highest BCUT2D eigenvalue weighted by molar-refractivity contribution is 5.69. The number of ether oxygens (including phenoxy) is 1. The topological polar surface area (TPSA) is 91.8 Å². The lowest BCUT2D eigenvalue weighted by molar-refractivity contribution is -0.137. The molecule has 0 saturated carbocycles. The molecule has 196 valence electrons. The van der Waals surface area contributed by atoms with E-state index < -0.39 is 11.7 Å². The molecule has 2 aromatic rings. The summed E-state index contributed by atoms with van der Waals surface area (Å²) in [6, 6.07) is 6.49. The first-order valence-electron chi connectivity index (χ1n) is 11.4. The average Bonchev–Trinajstić information content (AvgIpc) is 3.22. The van der Waals surface area contributed by atoms with Gasteiger partial charge in [-0.25, -0.2) is 4.79 Å². The third-order valence-corrected chi connectivity index (χ3v) is 5.37. The van der Waals surface area contributed by atoms with Crippen molar-refractivity contribution in [2.75, 3.05) is 6.54 Å². The summed E-state index contributed by atoms with van der Waals surface area (Å²) >= 11 is 0. The molecule has 1 aliphatic heterocycles. The molecule has 0 radical (unpaired) electrons. The predicted octanol–water partition coefficient (Wildman–Crippen LogP) is 5.95. The Morgan fingerprint density at radius 1 is 1.28 bits per heavy atom. The quantitative estimate of drug-likeness (QED) is 0.386. The van der Waals surface area contributed by atoms with E-state index in [0.717, 1.165) is 31.5 Å². The number of rotatable bonds is 5. The van der Waals surface area contributed by atoms with Crippen molar-refractivity contribution in [3.05, 3.63) is 59.8 Å². The van der Waals surface area contributed by atoms with Crippen molar-refractivity contribution < 1.29 is 32.6 Å². The standard InChI is InChI=1S/C16H13F3N2O2.C10H19NO2/c1-10(23)14-8-21-15(6-12(14)7-20-9-22)11-2-4-13(5-3-11)16(17,18)19;1-8-6-5-7-11(8)9(12)13-10(2,3)4/h2-6,8-9,23H,1,7H2,(H,20,22);8H,5-7H2,1-4H3. The van der Waals surface area contributed by atoms with E-state index in [4.69, 9.17) is 4.74 Å². The molecule has 7 nitrogen and oxygen atoms in total. The van der Waals surface area contributed by atoms with Crippen molar-refractivity contribution in [1.82, 2.24) is 15.2 Å². The average molecular weight is 508 g/mol. The zero-order valence-electron chi connectivity index (χ0n) is 20.9. The number of carbonyl (C=O) groups is 2. The van der Waals surface area contributed by atoms with Crippen molar-refractivity contribution in [2.45, 2.75) is 64.9 Å². The number of amides is 2. The number of benzene rings is 1. The number of halogens is 3. The molecule has 2 amide bonds. The van der Waals surface area contributed by atoms with E-state index >= 15 is 0 Å². The van der Waals surface area contributed by atoms with Crippen molar-refractivity contribution >= 4 is 18.3 Å². The second-order valence-electron chi connectivity index (χ2n) is 9.41. The van der Waals surface area contributed by atoms with Gasteiger partial charge in [0.05, 0.1) is 11.3 Å². The van der Waals surface area contributed by atoms with Crippen molar-refractivity contribution in [1.29, 1.82) is 0 Å². The summed E-state index contributed by atoms with van der Waals surface area (Å²) in [6.07, 6.45) is -0.514. The highest BCUT2D eigenvalue weighted by Gasteiger charge is 2.30. The van der Waals surface area contributed by atoms with Gasteiger partial charge in [0.1, 0.15) is 11.4 Å². The SMILES string of the molecule is C=C(O)c1cnc(-c2ccc(C(F)(F)F)cc2)cc1CNC=O.CC1CCCN1C(=O)OC(C)(C)C. The Hall–Kier alpha value is -3.56. The summed E-state index contributed by atoms with van der Waals surface area (Å²) in [5.41, 5.74) is 0.695. The fraction of sp³-hybridized carbons (Fsp3) is 0.423. The Balaban J connectivity index is 0.000000297. The summed E-state index contributed by atoms with van der Waals surface area (Å²) < 4.78 is 43.0. The number of nitrogens with zero attached hydrogens (tertiary/aromatic N) is 2. The number of hydrogen-bond donors (Lipinski definition) is 2. The van der Waals surface area contributed by atoms with Crippen molar-refractivity contribution in [3.8, 4) is 11.3 Å². The largest absolute Gasteiger partial charge is 0.508 e. The minimum absolute atomic E-state index is 0.134. The predicted molar refractivity (Wildman–Crippen MR) is 131 cm³/mol. The minimum Gasteiger partial charge on any atom is -0.508 e. The first-order chi connectivity index (χ1) is 16.7. The molecule has 1 aromatic carbocycles. The van der Waals surface area contributed by atoms with E-state index in [9.17, 15) is 27.9 Å². The minimum atomic E-state index is -4.40. The Morgan fingerprint density at radius 2 is 1.92 bits per heavy atom. The lowest BCUT2D eigenvalue weighted by Crippen LogP contribution is -2.38. The van der Waals surface area contributed by atoms with E-state index in [-0.39, 0.29) is 24.0 Å². The monoisotopic (exact) mass is 507 g/mol. The number of aromatic nitrogens is 1. The molecule has 2 N–H and O–H groups in total. The fourth-order valence-electron chi connectivity index (χ4n) is 3.57. The van der Waals surface area contributed by atoms with E-state index in [1.54, 1.807) is 6.07 Å². The van der Waals surface area contributed by atoms with Gasteiger partial charge in [-0.1, -0.05) is 18.7 Å². The summed E-state index contributed by atoms with van der Waals surface area (Å²) in [5, 5.41) is 12.0. The van der Waals surface area contributed by atoms with Crippen LogP contribution < -0.4 is 5.32 Å². The van der Waals surface area contributed by atoms with Gasteiger partial charge in [0.2, 0.25) is 6.41 Å². The summed E-state index contributed by atoms with van der Waals surface area (Å²) in [7, 11) is 0. The van der Waals surface area contributed by atoms with Gasteiger partial charge >= 0.3 is 12.3 Å². The van der Waals surface area contributed by atoms with E-state index in [1.165, 1.54) is 18.3 Å². The molecule has 0 bridgehead atoms. The van der Waals surface area contributed by atoms with Crippen LogP contribution in [0.4, 0.5) is 18.0 Å². The van der Waals surface area contributed by atoms with Gasteiger partial charge in [-0.3, -0.25) is 9.78 Å². The molecule has 1 unspecified atom stereocenters. The highest BCUT2D eigenvalue weighted by Crippen LogP contribution is 2.31. The van der Waals surface area contributed by atoms with E-state index in [0.29, 0.717) is 34.8 Å². The molecule has 1 aromatic heterocycles. The number of carbonyl (C=O) groups excluding carboxylic acids is 2. The van der Waals surface area contributed by atoms with Crippen LogP contribution in [0.1, 0.15) is 57.2 Å². The summed E-state index contributed by atoms with van der Waals surface area (Å²) in [5.74, 6) is -0.209. The molecule has 36 heavy (non-hydrogen) atoms. The van der Waals surface area contributed by atoms with Crippen LogP contribution in [0, 0.1) is 0 Å². The number of likely N-dealkylation sites (tertiary alicyclic amines) is 1. The summed E-state index contributed by atoms with van der Waals surface area (Å²) in [6.45, 7) is 12.1. The number of aliphatic hydroxyl groups excluding tert-OH is 1. The van der Waals surface area contributed by atoms with Crippen LogP contribution in [0.2, 0.25) is 0 Å². The molecule has 3 rings (SSSR count). The van der Waals surface area contributed by atoms with Gasteiger partial charge in [-0.2, -0.15) is 13.2 Å². The summed E-state index contributed by atoms with van der Waals surface area (Å²) in [4.78, 5) is 27.9. The van der Waals surface area contributed by atoms with Gasteiger partial charge in [0, 0.05) is 36.5 Å². The molecule has 1 atom stereocenters. The lowest BCUT2D eigenvalue weighted by atomic mass is 10.0. The first kappa shape index (κ1) is 28.7. The maximum atomic E-state index is 12.6. The molecule has 0 aliphatic carbocycles. The molecule has 1 aliphatic rings.